The van der Waals surface area contributed by atoms with Crippen LogP contribution in [0.15, 0.2) is 96.2 Å². The fraction of sp³-hybridized carbons (Fsp3) is 0.455. The molecule has 0 spiro atoms. The van der Waals surface area contributed by atoms with Crippen LogP contribution in [0.4, 0.5) is 14.9 Å². The highest BCUT2D eigenvalue weighted by atomic mass is 19.1. The van der Waals surface area contributed by atoms with Gasteiger partial charge in [-0.05, 0) is 92.0 Å². The molecule has 6 rings (SSSR count). The number of hydrogen-bond donors (Lipinski definition) is 2. The van der Waals surface area contributed by atoms with E-state index in [1.165, 1.54) is 31.4 Å². The molecule has 0 aromatic heterocycles. The van der Waals surface area contributed by atoms with Crippen molar-refractivity contribution in [3.63, 3.8) is 0 Å². The van der Waals surface area contributed by atoms with Crippen LogP contribution in [-0.2, 0) is 20.9 Å². The van der Waals surface area contributed by atoms with Gasteiger partial charge in [0.25, 0.3) is 5.69 Å². The van der Waals surface area contributed by atoms with E-state index in [4.69, 9.17) is 23.8 Å². The molecule has 2 N–H and O–H groups in total. The summed E-state index contributed by atoms with van der Waals surface area (Å²) in [5.41, 5.74) is 2.82. The van der Waals surface area contributed by atoms with E-state index < -0.39 is 34.6 Å². The lowest BCUT2D eigenvalue weighted by atomic mass is 9.55. The second-order valence-corrected chi connectivity index (χ2v) is 14.8. The highest BCUT2D eigenvalue weighted by molar-refractivity contribution is 6.03. The third-order valence-corrected chi connectivity index (χ3v) is 11.3. The van der Waals surface area contributed by atoms with Gasteiger partial charge in [-0.1, -0.05) is 48.3 Å². The zero-order valence-corrected chi connectivity index (χ0v) is 33.0. The smallest absolute Gasteiger partial charge is 0.410 e. The number of amides is 1. The van der Waals surface area contributed by atoms with Crippen molar-refractivity contribution in [3.8, 4) is 17.2 Å². The number of unbranched alkanes of at least 4 members (excludes halogenated alkanes) is 2. The summed E-state index contributed by atoms with van der Waals surface area (Å²) in [5, 5.41) is 35.8. The zero-order valence-electron chi connectivity index (χ0n) is 33.0. The first kappa shape index (κ1) is 42.3. The Kier molecular flexibility index (Phi) is 14.2. The molecule has 6 unspecified atom stereocenters. The van der Waals surface area contributed by atoms with E-state index in [2.05, 4.69) is 17.8 Å². The van der Waals surface area contributed by atoms with E-state index in [9.17, 15) is 29.5 Å². The average molecular weight is 802 g/mol. The van der Waals surface area contributed by atoms with Gasteiger partial charge in [-0.25, -0.2) is 9.18 Å². The average Bonchev–Trinajstić information content (AvgIpc) is 3.22. The SMILES string of the molecule is C=CCOC12Oc3ccc(Oc4cccc([N+](=O)[O-])c4)cc3C3C(CCCCO)C(CCCCO)C=C(C(=NOC)CC1N(Cc1ccc(F)cc1)C(=O)OCC)C32. The molecule has 1 fully saturated rings. The number of allylic oxidation sites excluding steroid dienone is 1. The van der Waals surface area contributed by atoms with Crippen LogP contribution >= 0.6 is 0 Å². The minimum Gasteiger partial charge on any atom is -0.459 e. The molecule has 1 amide bonds. The Balaban J connectivity index is 1.58. The molecule has 0 radical (unpaired) electrons. The first-order valence-corrected chi connectivity index (χ1v) is 19.9. The third-order valence-electron chi connectivity index (χ3n) is 11.3. The zero-order chi connectivity index (χ0) is 41.2. The van der Waals surface area contributed by atoms with Crippen LogP contribution in [0.5, 0.6) is 17.2 Å². The van der Waals surface area contributed by atoms with E-state index >= 15 is 0 Å². The summed E-state index contributed by atoms with van der Waals surface area (Å²) in [6, 6.07) is 16.5. The minimum absolute atomic E-state index is 0.00451. The number of carbonyl (C=O) groups excluding carboxylic acids is 1. The summed E-state index contributed by atoms with van der Waals surface area (Å²) < 4.78 is 40.2. The number of nitro groups is 1. The Morgan fingerprint density at radius 2 is 1.81 bits per heavy atom. The molecule has 3 aromatic rings. The van der Waals surface area contributed by atoms with Gasteiger partial charge < -0.3 is 34.0 Å². The number of aliphatic hydroxyl groups excluding tert-OH is 2. The number of carbonyl (C=O) groups is 1. The summed E-state index contributed by atoms with van der Waals surface area (Å²) in [6.07, 6.45) is 7.61. The van der Waals surface area contributed by atoms with Crippen LogP contribution in [0.25, 0.3) is 0 Å². The first-order chi connectivity index (χ1) is 28.2. The largest absolute Gasteiger partial charge is 0.459 e. The number of hydrogen-bond acceptors (Lipinski definition) is 11. The number of nitrogens with zero attached hydrogens (tertiary/aromatic N) is 3. The number of rotatable bonds is 19. The molecule has 0 saturated heterocycles. The predicted molar refractivity (Wildman–Crippen MR) is 214 cm³/mol. The number of aliphatic hydroxyl groups is 2. The van der Waals surface area contributed by atoms with Crippen LogP contribution in [0.2, 0.25) is 0 Å². The lowest BCUT2D eigenvalue weighted by Crippen LogP contribution is -2.70. The van der Waals surface area contributed by atoms with E-state index in [1.54, 1.807) is 54.3 Å². The molecule has 2 aliphatic carbocycles. The lowest BCUT2D eigenvalue weighted by molar-refractivity contribution is -0.384. The molecular weight excluding hydrogens is 749 g/mol. The van der Waals surface area contributed by atoms with Crippen molar-refractivity contribution < 1.29 is 48.1 Å². The molecule has 310 valence electrons. The maximum atomic E-state index is 14.2. The van der Waals surface area contributed by atoms with Crippen molar-refractivity contribution in [2.24, 2.45) is 22.9 Å². The van der Waals surface area contributed by atoms with Crippen molar-refractivity contribution in [1.82, 2.24) is 4.90 Å². The summed E-state index contributed by atoms with van der Waals surface area (Å²) in [5.74, 6) is -1.68. The fourth-order valence-electron chi connectivity index (χ4n) is 8.91. The van der Waals surface area contributed by atoms with Gasteiger partial charge in [-0.15, -0.1) is 6.58 Å². The normalized spacial score (nSPS) is 23.8. The molecule has 3 aliphatic rings. The van der Waals surface area contributed by atoms with Crippen molar-refractivity contribution in [2.45, 2.75) is 76.2 Å². The fourth-order valence-corrected chi connectivity index (χ4v) is 8.91. The number of halogens is 1. The van der Waals surface area contributed by atoms with Crippen LogP contribution in [-0.4, -0.2) is 77.2 Å². The van der Waals surface area contributed by atoms with Crippen LogP contribution in [0, 0.1) is 33.7 Å². The molecule has 0 bridgehead atoms. The number of non-ortho nitro benzene ring substituents is 1. The van der Waals surface area contributed by atoms with Gasteiger partial charge in [0.05, 0.1) is 35.8 Å². The van der Waals surface area contributed by atoms with E-state index in [-0.39, 0.29) is 62.8 Å². The van der Waals surface area contributed by atoms with E-state index in [1.807, 2.05) is 6.07 Å². The Hall–Kier alpha value is -5.31. The maximum Gasteiger partial charge on any atom is 0.410 e. The highest BCUT2D eigenvalue weighted by Crippen LogP contribution is 2.62. The number of benzene rings is 3. The van der Waals surface area contributed by atoms with Gasteiger partial charge in [0.2, 0.25) is 5.79 Å². The maximum absolute atomic E-state index is 14.2. The van der Waals surface area contributed by atoms with E-state index in [0.29, 0.717) is 41.4 Å². The molecule has 1 saturated carbocycles. The van der Waals surface area contributed by atoms with E-state index in [0.717, 1.165) is 36.8 Å². The summed E-state index contributed by atoms with van der Waals surface area (Å²) in [6.45, 7) is 5.98. The van der Waals surface area contributed by atoms with Crippen LogP contribution < -0.4 is 9.47 Å². The van der Waals surface area contributed by atoms with Gasteiger partial charge in [0, 0.05) is 43.7 Å². The number of ether oxygens (including phenoxy) is 4. The third kappa shape index (κ3) is 9.04. The first-order valence-electron chi connectivity index (χ1n) is 19.9. The topological polar surface area (TPSA) is 162 Å². The van der Waals surface area contributed by atoms with Crippen molar-refractivity contribution in [2.75, 3.05) is 33.5 Å². The molecule has 3 aromatic carbocycles. The number of oxime groups is 1. The summed E-state index contributed by atoms with van der Waals surface area (Å²) >= 11 is 0. The molecule has 6 atom stereocenters. The van der Waals surface area contributed by atoms with Gasteiger partial charge in [0.15, 0.2) is 0 Å². The van der Waals surface area contributed by atoms with Crippen LogP contribution in [0.3, 0.4) is 0 Å². The molecular formula is C44H52FN3O10. The van der Waals surface area contributed by atoms with Crippen molar-refractivity contribution >= 4 is 17.5 Å². The van der Waals surface area contributed by atoms with Crippen molar-refractivity contribution in [1.29, 1.82) is 0 Å². The van der Waals surface area contributed by atoms with Crippen molar-refractivity contribution in [3.05, 3.63) is 118 Å². The van der Waals surface area contributed by atoms with Gasteiger partial charge >= 0.3 is 6.09 Å². The number of fused-ring (bicyclic) bond motifs is 2. The Morgan fingerprint density at radius 1 is 1.07 bits per heavy atom. The van der Waals surface area contributed by atoms with Gasteiger partial charge in [0.1, 0.15) is 36.2 Å². The van der Waals surface area contributed by atoms with Crippen LogP contribution in [0.1, 0.15) is 68.9 Å². The molecule has 1 aliphatic heterocycles. The molecule has 1 heterocycles. The minimum atomic E-state index is -1.54. The standard InChI is InChI=1S/C44H52FN3O10/c1-4-23-56-44-40(47(43(51)55-5-2)28-29-15-17-31(45)18-16-29)27-38(46-54-3)36-24-30(11-6-8-21-49)35(14-7-9-22-50)41(42(36)44)37-26-34(19-20-39(37)58-44)57-33-13-10-12-32(25-33)48(52)53/h4,10,12-13,15-20,24-26,30,35,40-42,49-50H,1,5-9,11,14,21-23,27-28H2,2-3H3. The van der Waals surface area contributed by atoms with Gasteiger partial charge in [-0.2, -0.15) is 0 Å². The predicted octanol–water partition coefficient (Wildman–Crippen LogP) is 8.45. The molecule has 58 heavy (non-hydrogen) atoms. The lowest BCUT2D eigenvalue weighted by Gasteiger charge is -2.59. The Morgan fingerprint density at radius 3 is 2.50 bits per heavy atom. The second-order valence-electron chi connectivity index (χ2n) is 14.8. The molecule has 14 heteroatoms. The summed E-state index contributed by atoms with van der Waals surface area (Å²) in [7, 11) is 1.47. The Bertz CT molecular complexity index is 1970. The number of nitro benzene ring substituents is 1. The van der Waals surface area contributed by atoms with Gasteiger partial charge in [-0.3, -0.25) is 15.0 Å². The monoisotopic (exact) mass is 801 g/mol. The Labute approximate surface area is 337 Å². The highest BCUT2D eigenvalue weighted by Gasteiger charge is 2.65. The quantitative estimate of drug-likeness (QED) is 0.0521. The summed E-state index contributed by atoms with van der Waals surface area (Å²) in [4.78, 5) is 32.4. The molecule has 13 nitrogen and oxygen atoms in total. The second kappa shape index (κ2) is 19.4.